The van der Waals surface area contributed by atoms with Gasteiger partial charge in [0.2, 0.25) is 5.75 Å². The van der Waals surface area contributed by atoms with Gasteiger partial charge in [0.15, 0.2) is 17.3 Å². The van der Waals surface area contributed by atoms with Crippen LogP contribution in [-0.2, 0) is 7.05 Å². The van der Waals surface area contributed by atoms with E-state index in [-0.39, 0.29) is 5.78 Å². The molecule has 0 N–H and O–H groups in total. The molecule has 3 aromatic rings. The SMILES string of the molecule is COc1cc(C(=O)C=Cc2cn(C)c3cccc(C)c23)cc(OC)c1OC. The van der Waals surface area contributed by atoms with Gasteiger partial charge in [0.25, 0.3) is 0 Å². The highest BCUT2D eigenvalue weighted by Gasteiger charge is 2.16. The number of ether oxygens (including phenoxy) is 3. The van der Waals surface area contributed by atoms with Crippen molar-refractivity contribution in [2.45, 2.75) is 6.92 Å². The van der Waals surface area contributed by atoms with Gasteiger partial charge in [0.1, 0.15) is 0 Å². The zero-order valence-corrected chi connectivity index (χ0v) is 16.2. The molecule has 0 radical (unpaired) electrons. The molecule has 1 aromatic heterocycles. The predicted octanol–water partition coefficient (Wildman–Crippen LogP) is 4.41. The Kier molecular flexibility index (Phi) is 5.21. The van der Waals surface area contributed by atoms with Gasteiger partial charge in [0.05, 0.1) is 21.3 Å². The summed E-state index contributed by atoms with van der Waals surface area (Å²) in [5.41, 5.74) is 3.78. The molecule has 0 aliphatic rings. The van der Waals surface area contributed by atoms with E-state index in [1.807, 2.05) is 25.4 Å². The molecule has 0 aliphatic heterocycles. The molecule has 0 fully saturated rings. The van der Waals surface area contributed by atoms with Gasteiger partial charge in [-0.2, -0.15) is 0 Å². The first-order chi connectivity index (χ1) is 13.0. The van der Waals surface area contributed by atoms with Gasteiger partial charge in [-0.25, -0.2) is 0 Å². The number of nitrogens with zero attached hydrogens (tertiary/aromatic N) is 1. The quantitative estimate of drug-likeness (QED) is 0.480. The third kappa shape index (κ3) is 3.40. The van der Waals surface area contributed by atoms with Crippen LogP contribution in [0.2, 0.25) is 0 Å². The van der Waals surface area contributed by atoms with Crippen LogP contribution in [0.15, 0.2) is 42.6 Å². The number of rotatable bonds is 6. The molecule has 140 valence electrons. The fourth-order valence-corrected chi connectivity index (χ4v) is 3.28. The maximum absolute atomic E-state index is 12.7. The maximum atomic E-state index is 12.7. The van der Waals surface area contributed by atoms with Gasteiger partial charge in [-0.15, -0.1) is 0 Å². The van der Waals surface area contributed by atoms with E-state index < -0.39 is 0 Å². The van der Waals surface area contributed by atoms with E-state index in [1.54, 1.807) is 18.2 Å². The Morgan fingerprint density at radius 2 is 1.70 bits per heavy atom. The normalized spacial score (nSPS) is 11.1. The molecule has 5 heteroatoms. The molecule has 1 heterocycles. The topological polar surface area (TPSA) is 49.7 Å². The van der Waals surface area contributed by atoms with E-state index in [0.29, 0.717) is 22.8 Å². The molecular weight excluding hydrogens is 342 g/mol. The molecule has 5 nitrogen and oxygen atoms in total. The van der Waals surface area contributed by atoms with E-state index >= 15 is 0 Å². The van der Waals surface area contributed by atoms with Crippen molar-refractivity contribution in [1.29, 1.82) is 0 Å². The van der Waals surface area contributed by atoms with Crippen LogP contribution in [0.1, 0.15) is 21.5 Å². The van der Waals surface area contributed by atoms with Crippen molar-refractivity contribution >= 4 is 22.8 Å². The largest absolute Gasteiger partial charge is 0.493 e. The molecule has 0 atom stereocenters. The van der Waals surface area contributed by atoms with Crippen molar-refractivity contribution in [2.75, 3.05) is 21.3 Å². The maximum Gasteiger partial charge on any atom is 0.203 e. The van der Waals surface area contributed by atoms with Crippen LogP contribution in [0.5, 0.6) is 17.2 Å². The zero-order chi connectivity index (χ0) is 19.6. The first kappa shape index (κ1) is 18.6. The minimum atomic E-state index is -0.139. The molecule has 0 spiro atoms. The Bertz CT molecular complexity index is 1010. The fourth-order valence-electron chi connectivity index (χ4n) is 3.28. The summed E-state index contributed by atoms with van der Waals surface area (Å²) in [4.78, 5) is 12.7. The monoisotopic (exact) mass is 365 g/mol. The van der Waals surface area contributed by atoms with E-state index in [1.165, 1.54) is 26.9 Å². The van der Waals surface area contributed by atoms with Gasteiger partial charge in [-0.1, -0.05) is 12.1 Å². The molecule has 0 bridgehead atoms. The first-order valence-electron chi connectivity index (χ1n) is 8.57. The van der Waals surface area contributed by atoms with E-state index in [9.17, 15) is 4.79 Å². The Morgan fingerprint density at radius 1 is 1.04 bits per heavy atom. The lowest BCUT2D eigenvalue weighted by Crippen LogP contribution is -2.00. The number of carbonyl (C=O) groups excluding carboxylic acids is 1. The number of ketones is 1. The predicted molar refractivity (Wildman–Crippen MR) is 107 cm³/mol. The first-order valence-corrected chi connectivity index (χ1v) is 8.57. The van der Waals surface area contributed by atoms with E-state index in [0.717, 1.165) is 16.5 Å². The Balaban J connectivity index is 1.99. The van der Waals surface area contributed by atoms with E-state index in [2.05, 4.69) is 23.6 Å². The Hall–Kier alpha value is -3.21. The summed E-state index contributed by atoms with van der Waals surface area (Å²) in [5, 5.41) is 1.15. The molecule has 0 saturated heterocycles. The fraction of sp³-hybridized carbons (Fsp3) is 0.227. The average Bonchev–Trinajstić information content (AvgIpc) is 3.01. The van der Waals surface area contributed by atoms with Crippen LogP contribution in [0.4, 0.5) is 0 Å². The molecule has 0 aliphatic carbocycles. The van der Waals surface area contributed by atoms with Crippen LogP contribution in [0.3, 0.4) is 0 Å². The zero-order valence-electron chi connectivity index (χ0n) is 16.2. The van der Waals surface area contributed by atoms with Crippen LogP contribution >= 0.6 is 0 Å². The molecule has 2 aromatic carbocycles. The molecule has 27 heavy (non-hydrogen) atoms. The second kappa shape index (κ2) is 7.58. The molecule has 0 saturated carbocycles. The second-order valence-electron chi connectivity index (χ2n) is 6.28. The van der Waals surface area contributed by atoms with Crippen molar-refractivity contribution in [2.24, 2.45) is 7.05 Å². The van der Waals surface area contributed by atoms with Crippen LogP contribution in [0.25, 0.3) is 17.0 Å². The summed E-state index contributed by atoms with van der Waals surface area (Å²) >= 11 is 0. The smallest absolute Gasteiger partial charge is 0.203 e. The Labute approximate surface area is 158 Å². The highest BCUT2D eigenvalue weighted by molar-refractivity contribution is 6.08. The number of methoxy groups -OCH3 is 3. The molecule has 0 amide bonds. The van der Waals surface area contributed by atoms with Gasteiger partial charge < -0.3 is 18.8 Å². The van der Waals surface area contributed by atoms with Crippen molar-refractivity contribution in [3.8, 4) is 17.2 Å². The number of hydrogen-bond donors (Lipinski definition) is 0. The van der Waals surface area contributed by atoms with Gasteiger partial charge in [-0.05, 0) is 42.8 Å². The third-order valence-corrected chi connectivity index (χ3v) is 4.62. The summed E-state index contributed by atoms with van der Waals surface area (Å²) in [6.45, 7) is 2.07. The third-order valence-electron chi connectivity index (χ3n) is 4.62. The van der Waals surface area contributed by atoms with Crippen LogP contribution in [-0.4, -0.2) is 31.7 Å². The summed E-state index contributed by atoms with van der Waals surface area (Å²) in [6, 6.07) is 9.48. The summed E-state index contributed by atoms with van der Waals surface area (Å²) in [7, 11) is 6.59. The molecule has 3 rings (SSSR count). The lowest BCUT2D eigenvalue weighted by atomic mass is 10.0. The highest BCUT2D eigenvalue weighted by Crippen LogP contribution is 2.38. The van der Waals surface area contributed by atoms with Crippen molar-refractivity contribution in [1.82, 2.24) is 4.57 Å². The van der Waals surface area contributed by atoms with Crippen molar-refractivity contribution in [3.05, 3.63) is 59.3 Å². The standard InChI is InChI=1S/C22H23NO4/c1-14-7-6-8-17-21(14)15(13-23(17)2)9-10-18(24)16-11-19(25-3)22(27-5)20(12-16)26-4/h6-13H,1-5H3. The number of aromatic nitrogens is 1. The minimum Gasteiger partial charge on any atom is -0.493 e. The lowest BCUT2D eigenvalue weighted by molar-refractivity contribution is 0.104. The van der Waals surface area contributed by atoms with Crippen LogP contribution in [0, 0.1) is 6.92 Å². The summed E-state index contributed by atoms with van der Waals surface area (Å²) < 4.78 is 18.0. The summed E-state index contributed by atoms with van der Waals surface area (Å²) in [6.07, 6.45) is 5.44. The lowest BCUT2D eigenvalue weighted by Gasteiger charge is -2.13. The highest BCUT2D eigenvalue weighted by atomic mass is 16.5. The Morgan fingerprint density at radius 3 is 2.30 bits per heavy atom. The number of allylic oxidation sites excluding steroid dienone is 1. The van der Waals surface area contributed by atoms with E-state index in [4.69, 9.17) is 14.2 Å². The summed E-state index contributed by atoms with van der Waals surface area (Å²) in [5.74, 6) is 1.23. The minimum absolute atomic E-state index is 0.139. The van der Waals surface area contributed by atoms with Gasteiger partial charge in [-0.3, -0.25) is 4.79 Å². The number of carbonyl (C=O) groups is 1. The van der Waals surface area contributed by atoms with Crippen molar-refractivity contribution in [3.63, 3.8) is 0 Å². The van der Waals surface area contributed by atoms with Crippen LogP contribution < -0.4 is 14.2 Å². The number of benzene rings is 2. The molecule has 0 unspecified atom stereocenters. The molecular formula is C22H23NO4. The van der Waals surface area contributed by atoms with Gasteiger partial charge >= 0.3 is 0 Å². The average molecular weight is 365 g/mol. The number of aryl methyl sites for hydroxylation is 2. The van der Waals surface area contributed by atoms with Crippen molar-refractivity contribution < 1.29 is 19.0 Å². The van der Waals surface area contributed by atoms with Gasteiger partial charge in [0, 0.05) is 35.3 Å². The number of fused-ring (bicyclic) bond motifs is 1. The number of hydrogen-bond acceptors (Lipinski definition) is 4. The second-order valence-corrected chi connectivity index (χ2v) is 6.28.